The molecule has 6 nitrogen and oxygen atoms in total. The van der Waals surface area contributed by atoms with Crippen molar-refractivity contribution in [3.05, 3.63) is 70.8 Å². The van der Waals surface area contributed by atoms with Crippen LogP contribution in [0.25, 0.3) is 10.9 Å². The number of hydrogen-bond donors (Lipinski definition) is 0. The summed E-state index contributed by atoms with van der Waals surface area (Å²) in [6.07, 6.45) is 5.51. The molecule has 0 N–H and O–H groups in total. The van der Waals surface area contributed by atoms with E-state index >= 15 is 0 Å². The Morgan fingerprint density at radius 2 is 2.00 bits per heavy atom. The molecule has 6 heteroatoms. The van der Waals surface area contributed by atoms with Crippen LogP contribution in [-0.2, 0) is 11.3 Å². The molecular weight excluding hydrogens is 340 g/mol. The Morgan fingerprint density at radius 3 is 2.74 bits per heavy atom. The van der Waals surface area contributed by atoms with Gasteiger partial charge in [-0.15, -0.1) is 0 Å². The number of para-hydroxylation sites is 1. The normalized spacial score (nSPS) is 14.9. The average Bonchev–Trinajstić information content (AvgIpc) is 3.53. The molecule has 1 amide bonds. The number of amides is 1. The lowest BCUT2D eigenvalue weighted by Crippen LogP contribution is -2.36. The van der Waals surface area contributed by atoms with Crippen LogP contribution >= 0.6 is 0 Å². The van der Waals surface area contributed by atoms with E-state index in [0.717, 1.165) is 24.1 Å². The number of nitrogens with zero attached hydrogens (tertiary/aromatic N) is 4. The molecule has 1 aromatic carbocycles. The van der Waals surface area contributed by atoms with Crippen LogP contribution in [0.15, 0.2) is 59.7 Å². The van der Waals surface area contributed by atoms with Gasteiger partial charge in [0.15, 0.2) is 0 Å². The quantitative estimate of drug-likeness (QED) is 0.676. The predicted octanol–water partition coefficient (Wildman–Crippen LogP) is 2.93. The minimum absolute atomic E-state index is 0.0510. The highest BCUT2D eigenvalue weighted by molar-refractivity contribution is 5.79. The maximum absolute atomic E-state index is 13.0. The fourth-order valence-corrected chi connectivity index (χ4v) is 3.52. The van der Waals surface area contributed by atoms with Gasteiger partial charge in [-0.3, -0.25) is 19.3 Å². The zero-order chi connectivity index (χ0) is 18.8. The van der Waals surface area contributed by atoms with Gasteiger partial charge in [-0.05, 0) is 44.0 Å². The third-order valence-corrected chi connectivity index (χ3v) is 5.06. The van der Waals surface area contributed by atoms with E-state index in [1.54, 1.807) is 16.9 Å². The largest absolute Gasteiger partial charge is 0.331 e. The molecule has 1 fully saturated rings. The van der Waals surface area contributed by atoms with Gasteiger partial charge in [0.1, 0.15) is 0 Å². The third kappa shape index (κ3) is 3.60. The molecule has 0 spiro atoms. The minimum Gasteiger partial charge on any atom is -0.331 e. The smallest absolute Gasteiger partial charge is 0.225 e. The fraction of sp³-hybridized carbons (Fsp3) is 0.333. The van der Waals surface area contributed by atoms with Crippen molar-refractivity contribution in [3.63, 3.8) is 0 Å². The summed E-state index contributed by atoms with van der Waals surface area (Å²) >= 11 is 0. The van der Waals surface area contributed by atoms with Gasteiger partial charge in [0.05, 0.1) is 30.0 Å². The Kier molecular flexibility index (Phi) is 4.71. The van der Waals surface area contributed by atoms with Crippen LogP contribution in [0.1, 0.15) is 37.9 Å². The second kappa shape index (κ2) is 7.31. The Bertz CT molecular complexity index is 1010. The maximum atomic E-state index is 13.0. The number of benzene rings is 1. The van der Waals surface area contributed by atoms with Gasteiger partial charge in [-0.1, -0.05) is 18.2 Å². The van der Waals surface area contributed by atoms with Gasteiger partial charge in [0.2, 0.25) is 11.3 Å². The average molecular weight is 362 g/mol. The van der Waals surface area contributed by atoms with Gasteiger partial charge in [-0.2, -0.15) is 5.10 Å². The Balaban J connectivity index is 1.53. The molecule has 1 saturated carbocycles. The van der Waals surface area contributed by atoms with Crippen molar-refractivity contribution in [1.82, 2.24) is 19.7 Å². The molecule has 1 atom stereocenters. The Hall–Kier alpha value is -3.02. The van der Waals surface area contributed by atoms with E-state index in [1.165, 1.54) is 6.20 Å². The third-order valence-electron chi connectivity index (χ3n) is 5.06. The summed E-state index contributed by atoms with van der Waals surface area (Å²) in [5.74, 6) is 0.0974. The summed E-state index contributed by atoms with van der Waals surface area (Å²) in [5, 5.41) is 4.85. The summed E-state index contributed by atoms with van der Waals surface area (Å²) in [6, 6.07) is 13.4. The first-order chi connectivity index (χ1) is 13.1. The lowest BCUT2D eigenvalue weighted by Gasteiger charge is -2.29. The van der Waals surface area contributed by atoms with Gasteiger partial charge in [-0.25, -0.2) is 0 Å². The number of hydrogen-bond acceptors (Lipinski definition) is 4. The summed E-state index contributed by atoms with van der Waals surface area (Å²) in [7, 11) is 0. The van der Waals surface area contributed by atoms with Gasteiger partial charge < -0.3 is 4.90 Å². The van der Waals surface area contributed by atoms with Gasteiger partial charge in [0, 0.05) is 24.0 Å². The molecule has 2 heterocycles. The maximum Gasteiger partial charge on any atom is 0.225 e. The first-order valence-electron chi connectivity index (χ1n) is 9.32. The molecule has 0 bridgehead atoms. The van der Waals surface area contributed by atoms with Crippen molar-refractivity contribution in [2.24, 2.45) is 0 Å². The van der Waals surface area contributed by atoms with Crippen LogP contribution in [0.2, 0.25) is 0 Å². The highest BCUT2D eigenvalue weighted by Crippen LogP contribution is 2.34. The Labute approximate surface area is 157 Å². The van der Waals surface area contributed by atoms with Crippen molar-refractivity contribution in [3.8, 4) is 0 Å². The highest BCUT2D eigenvalue weighted by atomic mass is 16.2. The SMILES string of the molecule is CC(c1ccccn1)N(C(=O)CCn1ncc(=O)c2ccccc21)C1CC1. The number of aromatic nitrogens is 3. The number of carbonyl (C=O) groups excluding carboxylic acids is 1. The van der Waals surface area contributed by atoms with E-state index in [4.69, 9.17) is 0 Å². The highest BCUT2D eigenvalue weighted by Gasteiger charge is 2.36. The summed E-state index contributed by atoms with van der Waals surface area (Å²) in [6.45, 7) is 2.48. The molecule has 27 heavy (non-hydrogen) atoms. The van der Waals surface area contributed by atoms with Crippen LogP contribution < -0.4 is 5.43 Å². The van der Waals surface area contributed by atoms with E-state index < -0.39 is 0 Å². The number of pyridine rings is 1. The second-order valence-electron chi connectivity index (χ2n) is 6.96. The van der Waals surface area contributed by atoms with E-state index in [1.807, 2.05) is 48.2 Å². The van der Waals surface area contributed by atoms with Gasteiger partial charge >= 0.3 is 0 Å². The minimum atomic E-state index is -0.100. The molecule has 1 aliphatic rings. The molecule has 1 aliphatic carbocycles. The second-order valence-corrected chi connectivity index (χ2v) is 6.96. The molecule has 2 aromatic heterocycles. The van der Waals surface area contributed by atoms with E-state index in [2.05, 4.69) is 10.1 Å². The number of rotatable bonds is 6. The van der Waals surface area contributed by atoms with E-state index in [-0.39, 0.29) is 17.4 Å². The van der Waals surface area contributed by atoms with Crippen LogP contribution in [0, 0.1) is 0 Å². The van der Waals surface area contributed by atoms with Crippen molar-refractivity contribution < 1.29 is 4.79 Å². The van der Waals surface area contributed by atoms with Crippen molar-refractivity contribution in [2.75, 3.05) is 0 Å². The monoisotopic (exact) mass is 362 g/mol. The molecule has 0 saturated heterocycles. The Morgan fingerprint density at radius 1 is 1.22 bits per heavy atom. The summed E-state index contributed by atoms with van der Waals surface area (Å²) in [5.41, 5.74) is 1.56. The summed E-state index contributed by atoms with van der Waals surface area (Å²) in [4.78, 5) is 31.4. The standard InChI is InChI=1S/C21H22N4O2/c1-15(18-7-4-5-12-22-18)25(16-9-10-16)21(27)11-13-24-19-8-3-2-6-17(19)20(26)14-23-24/h2-8,12,14-16H,9-11,13H2,1H3. The zero-order valence-corrected chi connectivity index (χ0v) is 15.3. The molecule has 4 rings (SSSR count). The zero-order valence-electron chi connectivity index (χ0n) is 15.3. The number of aryl methyl sites for hydroxylation is 1. The van der Waals surface area contributed by atoms with E-state index in [0.29, 0.717) is 24.4 Å². The lowest BCUT2D eigenvalue weighted by atomic mass is 10.1. The van der Waals surface area contributed by atoms with E-state index in [9.17, 15) is 9.59 Å². The van der Waals surface area contributed by atoms with Gasteiger partial charge in [0.25, 0.3) is 0 Å². The number of carbonyl (C=O) groups is 1. The van der Waals surface area contributed by atoms with Crippen LogP contribution in [0.3, 0.4) is 0 Å². The molecule has 0 radical (unpaired) electrons. The molecular formula is C21H22N4O2. The van der Waals surface area contributed by atoms with Crippen molar-refractivity contribution in [1.29, 1.82) is 0 Å². The lowest BCUT2D eigenvalue weighted by molar-refractivity contribution is -0.134. The topological polar surface area (TPSA) is 68.1 Å². The van der Waals surface area contributed by atoms with Crippen molar-refractivity contribution in [2.45, 2.75) is 44.8 Å². The number of fused-ring (bicyclic) bond motifs is 1. The van der Waals surface area contributed by atoms with Crippen molar-refractivity contribution >= 4 is 16.8 Å². The fourth-order valence-electron chi connectivity index (χ4n) is 3.52. The summed E-state index contributed by atoms with van der Waals surface area (Å²) < 4.78 is 1.74. The molecule has 1 unspecified atom stereocenters. The molecule has 138 valence electrons. The first-order valence-corrected chi connectivity index (χ1v) is 9.32. The van der Waals surface area contributed by atoms with Crippen LogP contribution in [-0.4, -0.2) is 31.6 Å². The van der Waals surface area contributed by atoms with Crippen LogP contribution in [0.4, 0.5) is 0 Å². The predicted molar refractivity (Wildman–Crippen MR) is 103 cm³/mol. The first kappa shape index (κ1) is 17.4. The molecule has 3 aromatic rings. The molecule has 0 aliphatic heterocycles. The van der Waals surface area contributed by atoms with Crippen LogP contribution in [0.5, 0.6) is 0 Å².